The third-order valence-corrected chi connectivity index (χ3v) is 4.48. The molecule has 0 aromatic heterocycles. The first-order chi connectivity index (χ1) is 9.92. The van der Waals surface area contributed by atoms with Gasteiger partial charge in [-0.2, -0.15) is 0 Å². The fraction of sp³-hybridized carbons (Fsp3) is 0.444. The highest BCUT2D eigenvalue weighted by Crippen LogP contribution is 2.35. The van der Waals surface area contributed by atoms with Gasteiger partial charge in [-0.1, -0.05) is 42.7 Å². The van der Waals surface area contributed by atoms with E-state index in [4.69, 9.17) is 11.2 Å². The van der Waals surface area contributed by atoms with E-state index < -0.39 is 0 Å². The lowest BCUT2D eigenvalue weighted by Gasteiger charge is -2.31. The molecule has 1 aliphatic carbocycles. The number of terminal acetylenes is 1. The largest absolute Gasteiger partial charge is 0.498 e. The van der Waals surface area contributed by atoms with Crippen LogP contribution in [-0.2, 0) is 4.74 Å². The molecule has 0 N–H and O–H groups in total. The second kappa shape index (κ2) is 8.76. The van der Waals surface area contributed by atoms with Crippen LogP contribution in [0.1, 0.15) is 37.2 Å². The first kappa shape index (κ1) is 15.1. The van der Waals surface area contributed by atoms with Crippen LogP contribution >= 0.6 is 11.8 Å². The summed E-state index contributed by atoms with van der Waals surface area (Å²) in [6.45, 7) is 0. The molecule has 20 heavy (non-hydrogen) atoms. The van der Waals surface area contributed by atoms with E-state index in [0.717, 1.165) is 17.9 Å². The van der Waals surface area contributed by atoms with Crippen LogP contribution in [0.15, 0.2) is 42.7 Å². The van der Waals surface area contributed by atoms with Crippen molar-refractivity contribution in [3.05, 3.63) is 48.2 Å². The van der Waals surface area contributed by atoms with Crippen LogP contribution in [0.25, 0.3) is 0 Å². The Morgan fingerprint density at radius 2 is 2.05 bits per heavy atom. The number of hydrogen-bond acceptors (Lipinski definition) is 2. The van der Waals surface area contributed by atoms with Crippen molar-refractivity contribution >= 4 is 11.8 Å². The van der Waals surface area contributed by atoms with Crippen LogP contribution in [0.2, 0.25) is 0 Å². The van der Waals surface area contributed by atoms with Crippen molar-refractivity contribution in [2.24, 2.45) is 0 Å². The molecule has 0 amide bonds. The highest BCUT2D eigenvalue weighted by atomic mass is 32.2. The molecular weight excluding hydrogens is 264 g/mol. The predicted octanol–water partition coefficient (Wildman–Crippen LogP) is 4.61. The third kappa shape index (κ3) is 4.65. The first-order valence-corrected chi connectivity index (χ1v) is 8.44. The summed E-state index contributed by atoms with van der Waals surface area (Å²) in [5, 5.41) is 0. The third-order valence-electron chi connectivity index (χ3n) is 3.68. The Hall–Kier alpha value is -1.33. The monoisotopic (exact) mass is 286 g/mol. The van der Waals surface area contributed by atoms with Crippen LogP contribution in [-0.4, -0.2) is 17.6 Å². The SMILES string of the molecule is C#CCSC/C=C/O[C@@H]1CCCC[C@H]1c1ccccc1. The Labute approximate surface area is 126 Å². The summed E-state index contributed by atoms with van der Waals surface area (Å²) in [7, 11) is 0. The van der Waals surface area contributed by atoms with Gasteiger partial charge in [-0.15, -0.1) is 18.2 Å². The Bertz CT molecular complexity index is 446. The molecule has 1 aromatic rings. The van der Waals surface area contributed by atoms with Crippen molar-refractivity contribution in [3.63, 3.8) is 0 Å². The zero-order chi connectivity index (χ0) is 14.0. The number of ether oxygens (including phenoxy) is 1. The van der Waals surface area contributed by atoms with Gasteiger partial charge < -0.3 is 4.74 Å². The molecule has 1 aliphatic rings. The van der Waals surface area contributed by atoms with Crippen molar-refractivity contribution < 1.29 is 4.74 Å². The Morgan fingerprint density at radius 1 is 1.25 bits per heavy atom. The quantitative estimate of drug-likeness (QED) is 0.429. The normalized spacial score (nSPS) is 22.6. The van der Waals surface area contributed by atoms with E-state index in [1.54, 1.807) is 11.8 Å². The summed E-state index contributed by atoms with van der Waals surface area (Å²) in [5.41, 5.74) is 1.41. The lowest BCUT2D eigenvalue weighted by Crippen LogP contribution is -2.24. The van der Waals surface area contributed by atoms with Gasteiger partial charge in [-0.25, -0.2) is 0 Å². The molecule has 0 bridgehead atoms. The van der Waals surface area contributed by atoms with E-state index in [1.165, 1.54) is 24.8 Å². The van der Waals surface area contributed by atoms with Crippen molar-refractivity contribution in [1.29, 1.82) is 0 Å². The summed E-state index contributed by atoms with van der Waals surface area (Å²) < 4.78 is 5.98. The smallest absolute Gasteiger partial charge is 0.105 e. The van der Waals surface area contributed by atoms with Gasteiger partial charge in [0.05, 0.1) is 12.0 Å². The van der Waals surface area contributed by atoms with Crippen LogP contribution in [0, 0.1) is 12.3 Å². The minimum absolute atomic E-state index is 0.319. The molecule has 1 aromatic carbocycles. The van der Waals surface area contributed by atoms with Gasteiger partial charge in [0.2, 0.25) is 0 Å². The minimum Gasteiger partial charge on any atom is -0.498 e. The van der Waals surface area contributed by atoms with Gasteiger partial charge in [0.15, 0.2) is 0 Å². The molecule has 1 nitrogen and oxygen atoms in total. The maximum atomic E-state index is 5.98. The average molecular weight is 286 g/mol. The number of rotatable bonds is 6. The molecule has 0 aliphatic heterocycles. The van der Waals surface area contributed by atoms with E-state index in [0.29, 0.717) is 12.0 Å². The van der Waals surface area contributed by atoms with E-state index in [1.807, 2.05) is 6.26 Å². The molecule has 0 heterocycles. The van der Waals surface area contributed by atoms with Crippen molar-refractivity contribution in [2.45, 2.75) is 37.7 Å². The maximum Gasteiger partial charge on any atom is 0.105 e. The van der Waals surface area contributed by atoms with Crippen LogP contribution in [0.3, 0.4) is 0 Å². The Balaban J connectivity index is 1.86. The molecule has 2 atom stereocenters. The Morgan fingerprint density at radius 3 is 2.85 bits per heavy atom. The van der Waals surface area contributed by atoms with E-state index in [9.17, 15) is 0 Å². The van der Waals surface area contributed by atoms with Crippen LogP contribution in [0.4, 0.5) is 0 Å². The molecule has 0 saturated heterocycles. The fourth-order valence-electron chi connectivity index (χ4n) is 2.72. The summed E-state index contributed by atoms with van der Waals surface area (Å²) in [4.78, 5) is 0. The second-order valence-electron chi connectivity index (χ2n) is 5.07. The molecule has 106 valence electrons. The average Bonchev–Trinajstić information content (AvgIpc) is 2.52. The number of hydrogen-bond donors (Lipinski definition) is 0. The molecule has 0 spiro atoms. The van der Waals surface area contributed by atoms with E-state index in [-0.39, 0.29) is 0 Å². The Kier molecular flexibility index (Phi) is 6.60. The lowest BCUT2D eigenvalue weighted by atomic mass is 9.81. The molecule has 2 rings (SSSR count). The van der Waals surface area contributed by atoms with Crippen molar-refractivity contribution in [2.75, 3.05) is 11.5 Å². The van der Waals surface area contributed by atoms with Gasteiger partial charge in [-0.05, 0) is 30.9 Å². The highest BCUT2D eigenvalue weighted by molar-refractivity contribution is 7.99. The summed E-state index contributed by atoms with van der Waals surface area (Å²) in [5.74, 6) is 4.85. The highest BCUT2D eigenvalue weighted by Gasteiger charge is 2.26. The van der Waals surface area contributed by atoms with Gasteiger partial charge in [0.25, 0.3) is 0 Å². The van der Waals surface area contributed by atoms with Crippen LogP contribution < -0.4 is 0 Å². The molecule has 0 radical (unpaired) electrons. The van der Waals surface area contributed by atoms with Gasteiger partial charge in [0.1, 0.15) is 6.10 Å². The van der Waals surface area contributed by atoms with E-state index in [2.05, 4.69) is 42.3 Å². The van der Waals surface area contributed by atoms with Crippen LogP contribution in [0.5, 0.6) is 0 Å². The molecule has 1 saturated carbocycles. The summed E-state index contributed by atoms with van der Waals surface area (Å²) >= 11 is 1.73. The van der Waals surface area contributed by atoms with Gasteiger partial charge >= 0.3 is 0 Å². The number of thioether (sulfide) groups is 1. The van der Waals surface area contributed by atoms with Gasteiger partial charge in [-0.3, -0.25) is 0 Å². The second-order valence-corrected chi connectivity index (χ2v) is 6.10. The van der Waals surface area contributed by atoms with E-state index >= 15 is 0 Å². The zero-order valence-electron chi connectivity index (χ0n) is 11.8. The zero-order valence-corrected chi connectivity index (χ0v) is 12.6. The van der Waals surface area contributed by atoms with Crippen molar-refractivity contribution in [1.82, 2.24) is 0 Å². The lowest BCUT2D eigenvalue weighted by molar-refractivity contribution is 0.0846. The predicted molar refractivity (Wildman–Crippen MR) is 87.8 cm³/mol. The maximum absolute atomic E-state index is 5.98. The van der Waals surface area contributed by atoms with Gasteiger partial charge in [0, 0.05) is 11.7 Å². The molecular formula is C18H22OS. The summed E-state index contributed by atoms with van der Waals surface area (Å²) in [6, 6.07) is 10.8. The minimum atomic E-state index is 0.319. The number of benzene rings is 1. The molecule has 1 fully saturated rings. The molecule has 0 unspecified atom stereocenters. The first-order valence-electron chi connectivity index (χ1n) is 7.28. The summed E-state index contributed by atoms with van der Waals surface area (Å²) in [6.07, 6.45) is 14.4. The topological polar surface area (TPSA) is 9.23 Å². The van der Waals surface area contributed by atoms with Crippen molar-refractivity contribution in [3.8, 4) is 12.3 Å². The fourth-order valence-corrected chi connectivity index (χ4v) is 3.17. The standard InChI is InChI=1S/C18H22OS/c1-2-14-20-15-8-13-19-18-12-7-6-11-17(18)16-9-4-3-5-10-16/h1,3-5,8-10,13,17-18H,6-7,11-12,14-15H2/b13-8+/t17-,18+/m0/s1. The molecule has 2 heteroatoms.